The van der Waals surface area contributed by atoms with Crippen molar-refractivity contribution in [3.8, 4) is 11.4 Å². The lowest BCUT2D eigenvalue weighted by atomic mass is 10.2. The van der Waals surface area contributed by atoms with Gasteiger partial charge in [-0.1, -0.05) is 49.0 Å². The van der Waals surface area contributed by atoms with E-state index in [1.807, 2.05) is 48.9 Å². The van der Waals surface area contributed by atoms with Gasteiger partial charge >= 0.3 is 0 Å². The predicted molar refractivity (Wildman–Crippen MR) is 79.7 cm³/mol. The average Bonchev–Trinajstić information content (AvgIpc) is 3.13. The summed E-state index contributed by atoms with van der Waals surface area (Å²) >= 11 is 1.53. The van der Waals surface area contributed by atoms with Crippen LogP contribution in [0.1, 0.15) is 18.7 Å². The van der Waals surface area contributed by atoms with E-state index in [4.69, 9.17) is 4.42 Å². The second-order valence-corrected chi connectivity index (χ2v) is 5.41. The maximum atomic E-state index is 5.49. The summed E-state index contributed by atoms with van der Waals surface area (Å²) in [7, 11) is 1.95. The summed E-state index contributed by atoms with van der Waals surface area (Å²) in [5.41, 5.74) is 1.05. The summed E-state index contributed by atoms with van der Waals surface area (Å²) in [5.74, 6) is 2.71. The quantitative estimate of drug-likeness (QED) is 0.675. The van der Waals surface area contributed by atoms with Gasteiger partial charge in [-0.2, -0.15) is 0 Å². The van der Waals surface area contributed by atoms with E-state index in [0.29, 0.717) is 17.5 Å². The lowest BCUT2D eigenvalue weighted by molar-refractivity contribution is 0.469. The Morgan fingerprint density at radius 1 is 1.05 bits per heavy atom. The van der Waals surface area contributed by atoms with Crippen LogP contribution in [0.4, 0.5) is 0 Å². The average molecular weight is 301 g/mol. The van der Waals surface area contributed by atoms with E-state index in [0.717, 1.165) is 23.0 Å². The molecule has 0 aliphatic heterocycles. The van der Waals surface area contributed by atoms with Crippen molar-refractivity contribution in [2.75, 3.05) is 0 Å². The molecule has 2 heterocycles. The van der Waals surface area contributed by atoms with E-state index in [2.05, 4.69) is 20.4 Å². The molecule has 0 bridgehead atoms. The first-order valence-electron chi connectivity index (χ1n) is 6.66. The Kier molecular flexibility index (Phi) is 4.01. The SMILES string of the molecule is CCc1nnc(CSc2nnc(-c3ccccc3)n2C)o1. The monoisotopic (exact) mass is 301 g/mol. The molecule has 0 aliphatic rings. The second kappa shape index (κ2) is 6.09. The van der Waals surface area contributed by atoms with Crippen molar-refractivity contribution in [1.29, 1.82) is 0 Å². The standard InChI is InChI=1S/C14H15N5OS/c1-3-11-15-16-12(20-11)9-21-14-18-17-13(19(14)2)10-7-5-4-6-8-10/h4-8H,3,9H2,1-2H3. The van der Waals surface area contributed by atoms with Gasteiger partial charge in [-0.15, -0.1) is 20.4 Å². The lowest BCUT2D eigenvalue weighted by Gasteiger charge is -2.02. The van der Waals surface area contributed by atoms with Crippen LogP contribution in [0.3, 0.4) is 0 Å². The molecule has 6 nitrogen and oxygen atoms in total. The Balaban J connectivity index is 1.74. The Labute approximate surface area is 126 Å². The normalized spacial score (nSPS) is 11.0. The maximum absolute atomic E-state index is 5.49. The third kappa shape index (κ3) is 2.97. The number of rotatable bonds is 5. The molecule has 3 rings (SSSR count). The lowest BCUT2D eigenvalue weighted by Crippen LogP contribution is -1.95. The molecule has 0 saturated heterocycles. The maximum Gasteiger partial charge on any atom is 0.226 e. The Hall–Kier alpha value is -2.15. The van der Waals surface area contributed by atoms with Gasteiger partial charge in [-0.05, 0) is 0 Å². The first-order chi connectivity index (χ1) is 10.3. The molecule has 0 fully saturated rings. The number of benzene rings is 1. The fraction of sp³-hybridized carbons (Fsp3) is 0.286. The number of nitrogens with zero attached hydrogens (tertiary/aromatic N) is 5. The molecule has 3 aromatic rings. The number of aromatic nitrogens is 5. The van der Waals surface area contributed by atoms with Crippen LogP contribution in [0.5, 0.6) is 0 Å². The highest BCUT2D eigenvalue weighted by Gasteiger charge is 2.12. The third-order valence-corrected chi connectivity index (χ3v) is 4.01. The van der Waals surface area contributed by atoms with Crippen LogP contribution in [0.2, 0.25) is 0 Å². The van der Waals surface area contributed by atoms with E-state index >= 15 is 0 Å². The van der Waals surface area contributed by atoms with Crippen molar-refractivity contribution in [2.45, 2.75) is 24.3 Å². The van der Waals surface area contributed by atoms with Crippen LogP contribution in [-0.4, -0.2) is 25.0 Å². The molecule has 1 aromatic carbocycles. The summed E-state index contributed by atoms with van der Waals surface area (Å²) in [6.07, 6.45) is 0.750. The van der Waals surface area contributed by atoms with Gasteiger partial charge in [-0.3, -0.25) is 0 Å². The molecule has 0 unspecified atom stereocenters. The molecule has 2 aromatic heterocycles. The summed E-state index contributed by atoms with van der Waals surface area (Å²) in [6, 6.07) is 9.99. The number of hydrogen-bond acceptors (Lipinski definition) is 6. The van der Waals surface area contributed by atoms with Crippen LogP contribution in [-0.2, 0) is 19.2 Å². The summed E-state index contributed by atoms with van der Waals surface area (Å²) in [6.45, 7) is 1.99. The van der Waals surface area contributed by atoms with Crippen LogP contribution in [0.25, 0.3) is 11.4 Å². The van der Waals surface area contributed by atoms with Crippen LogP contribution in [0.15, 0.2) is 39.9 Å². The molecule has 0 atom stereocenters. The predicted octanol–water partition coefficient (Wildman–Crippen LogP) is 2.72. The highest BCUT2D eigenvalue weighted by atomic mass is 32.2. The Morgan fingerprint density at radius 3 is 2.52 bits per heavy atom. The molecule has 0 spiro atoms. The molecule has 0 amide bonds. The number of aryl methyl sites for hydroxylation is 1. The first-order valence-corrected chi connectivity index (χ1v) is 7.65. The minimum Gasteiger partial charge on any atom is -0.424 e. The summed E-state index contributed by atoms with van der Waals surface area (Å²) in [5, 5.41) is 17.2. The van der Waals surface area contributed by atoms with Crippen molar-refractivity contribution >= 4 is 11.8 Å². The van der Waals surface area contributed by atoms with Gasteiger partial charge in [-0.25, -0.2) is 0 Å². The molecular weight excluding hydrogens is 286 g/mol. The van der Waals surface area contributed by atoms with Gasteiger partial charge in [0.25, 0.3) is 0 Å². The van der Waals surface area contributed by atoms with Gasteiger partial charge in [0.05, 0.1) is 5.75 Å². The molecule has 108 valence electrons. The highest BCUT2D eigenvalue weighted by Crippen LogP contribution is 2.24. The first kappa shape index (κ1) is 13.8. The third-order valence-electron chi connectivity index (χ3n) is 3.00. The number of hydrogen-bond donors (Lipinski definition) is 0. The van der Waals surface area contributed by atoms with Gasteiger partial charge in [0.1, 0.15) is 0 Å². The largest absolute Gasteiger partial charge is 0.424 e. The smallest absolute Gasteiger partial charge is 0.226 e. The zero-order valence-corrected chi connectivity index (χ0v) is 12.7. The molecule has 0 aliphatic carbocycles. The Morgan fingerprint density at radius 2 is 1.81 bits per heavy atom. The fourth-order valence-electron chi connectivity index (χ4n) is 1.90. The van der Waals surface area contributed by atoms with E-state index in [9.17, 15) is 0 Å². The zero-order valence-electron chi connectivity index (χ0n) is 11.9. The van der Waals surface area contributed by atoms with Crippen molar-refractivity contribution in [3.05, 3.63) is 42.1 Å². The summed E-state index contributed by atoms with van der Waals surface area (Å²) < 4.78 is 7.45. The van der Waals surface area contributed by atoms with E-state index in [1.165, 1.54) is 11.8 Å². The summed E-state index contributed by atoms with van der Waals surface area (Å²) in [4.78, 5) is 0. The minimum absolute atomic E-state index is 0.591. The fourth-order valence-corrected chi connectivity index (χ4v) is 2.64. The Bertz CT molecular complexity index is 722. The van der Waals surface area contributed by atoms with E-state index in [1.54, 1.807) is 0 Å². The van der Waals surface area contributed by atoms with E-state index < -0.39 is 0 Å². The second-order valence-electron chi connectivity index (χ2n) is 4.46. The van der Waals surface area contributed by atoms with Crippen molar-refractivity contribution in [2.24, 2.45) is 7.05 Å². The topological polar surface area (TPSA) is 69.6 Å². The molecule has 0 saturated carbocycles. The van der Waals surface area contributed by atoms with Gasteiger partial charge in [0, 0.05) is 19.0 Å². The van der Waals surface area contributed by atoms with Crippen molar-refractivity contribution in [3.63, 3.8) is 0 Å². The minimum atomic E-state index is 0.591. The zero-order chi connectivity index (χ0) is 14.7. The molecule has 7 heteroatoms. The number of thioether (sulfide) groups is 1. The van der Waals surface area contributed by atoms with Gasteiger partial charge in [0.2, 0.25) is 11.8 Å². The van der Waals surface area contributed by atoms with E-state index in [-0.39, 0.29) is 0 Å². The molecule has 21 heavy (non-hydrogen) atoms. The van der Waals surface area contributed by atoms with Crippen LogP contribution < -0.4 is 0 Å². The highest BCUT2D eigenvalue weighted by molar-refractivity contribution is 7.98. The van der Waals surface area contributed by atoms with Gasteiger partial charge < -0.3 is 8.98 Å². The molecule has 0 N–H and O–H groups in total. The van der Waals surface area contributed by atoms with Crippen LogP contribution >= 0.6 is 11.8 Å². The van der Waals surface area contributed by atoms with Crippen molar-refractivity contribution < 1.29 is 4.42 Å². The van der Waals surface area contributed by atoms with Crippen LogP contribution in [0, 0.1) is 0 Å². The molecule has 0 radical (unpaired) electrons. The molecular formula is C14H15N5OS. The van der Waals surface area contributed by atoms with Crippen molar-refractivity contribution in [1.82, 2.24) is 25.0 Å². The van der Waals surface area contributed by atoms with Gasteiger partial charge in [0.15, 0.2) is 11.0 Å².